The normalized spacial score (nSPS) is 27.4. The molecule has 1 saturated heterocycles. The number of hydrogen-bond acceptors (Lipinski definition) is 3. The summed E-state index contributed by atoms with van der Waals surface area (Å²) in [4.78, 5) is 14.5. The summed E-state index contributed by atoms with van der Waals surface area (Å²) in [6, 6.07) is -0.0766. The number of carbonyl (C=O) groups is 1. The van der Waals surface area contributed by atoms with E-state index in [4.69, 9.17) is 0 Å². The van der Waals surface area contributed by atoms with Gasteiger partial charge in [-0.25, -0.2) is 0 Å². The maximum Gasteiger partial charge on any atom is 0.226 e. The maximum atomic E-state index is 12.6. The second-order valence-corrected chi connectivity index (χ2v) is 6.16. The Hall–Kier alpha value is -1.36. The Bertz CT molecular complexity index is 479. The number of amides is 1. The molecular formula is C15H23N3O2. The molecule has 1 N–H and O–H groups in total. The molecule has 1 amide bonds. The smallest absolute Gasteiger partial charge is 0.226 e. The van der Waals surface area contributed by atoms with Crippen LogP contribution in [0, 0.1) is 5.92 Å². The van der Waals surface area contributed by atoms with Gasteiger partial charge in [-0.05, 0) is 31.2 Å². The zero-order chi connectivity index (χ0) is 14.1. The van der Waals surface area contributed by atoms with Crippen molar-refractivity contribution in [3.8, 4) is 0 Å². The third-order valence-corrected chi connectivity index (χ3v) is 4.70. The lowest BCUT2D eigenvalue weighted by molar-refractivity contribution is -0.137. The minimum Gasteiger partial charge on any atom is -0.391 e. The summed E-state index contributed by atoms with van der Waals surface area (Å²) in [5.74, 6) is 0.449. The van der Waals surface area contributed by atoms with Crippen LogP contribution < -0.4 is 0 Å². The lowest BCUT2D eigenvalue weighted by Gasteiger charge is -2.28. The summed E-state index contributed by atoms with van der Waals surface area (Å²) in [5.41, 5.74) is 1.09. The summed E-state index contributed by atoms with van der Waals surface area (Å²) >= 11 is 0. The molecule has 1 aliphatic carbocycles. The standard InChI is InChI=1S/C15H23N3O2/c1-17-10-11(9-16-17)8-13-14(19)6-7-18(13)15(20)12-4-2-3-5-12/h9-10,12-14,19H,2-8H2,1H3/t13-,14+/m0/s1. The van der Waals surface area contributed by atoms with Crippen LogP contribution >= 0.6 is 0 Å². The Kier molecular flexibility index (Phi) is 3.78. The fourth-order valence-corrected chi connectivity index (χ4v) is 3.58. The van der Waals surface area contributed by atoms with E-state index in [-0.39, 0.29) is 17.9 Å². The lowest BCUT2D eigenvalue weighted by atomic mass is 10.0. The van der Waals surface area contributed by atoms with Crippen LogP contribution in [-0.2, 0) is 18.3 Å². The lowest BCUT2D eigenvalue weighted by Crippen LogP contribution is -2.43. The summed E-state index contributed by atoms with van der Waals surface area (Å²) in [7, 11) is 1.88. The molecule has 2 aliphatic rings. The topological polar surface area (TPSA) is 58.4 Å². The van der Waals surface area contributed by atoms with Crippen molar-refractivity contribution in [3.05, 3.63) is 18.0 Å². The molecule has 1 aromatic heterocycles. The molecule has 1 aliphatic heterocycles. The van der Waals surface area contributed by atoms with E-state index in [9.17, 15) is 9.90 Å². The summed E-state index contributed by atoms with van der Waals surface area (Å²) in [6.45, 7) is 0.696. The van der Waals surface area contributed by atoms with Crippen molar-refractivity contribution >= 4 is 5.91 Å². The van der Waals surface area contributed by atoms with Gasteiger partial charge in [-0.3, -0.25) is 9.48 Å². The van der Waals surface area contributed by atoms with Gasteiger partial charge in [-0.1, -0.05) is 12.8 Å². The largest absolute Gasteiger partial charge is 0.391 e. The highest BCUT2D eigenvalue weighted by Crippen LogP contribution is 2.30. The number of aliphatic hydroxyl groups is 1. The van der Waals surface area contributed by atoms with Crippen LogP contribution in [0.3, 0.4) is 0 Å². The predicted octanol–water partition coefficient (Wildman–Crippen LogP) is 1.11. The van der Waals surface area contributed by atoms with E-state index in [1.54, 1.807) is 4.68 Å². The van der Waals surface area contributed by atoms with Gasteiger partial charge in [0.15, 0.2) is 0 Å². The van der Waals surface area contributed by atoms with Crippen molar-refractivity contribution in [2.75, 3.05) is 6.54 Å². The fraction of sp³-hybridized carbons (Fsp3) is 0.733. The van der Waals surface area contributed by atoms with E-state index >= 15 is 0 Å². The molecule has 0 aromatic carbocycles. The van der Waals surface area contributed by atoms with E-state index in [2.05, 4.69) is 5.10 Å². The average molecular weight is 277 g/mol. The summed E-state index contributed by atoms with van der Waals surface area (Å²) in [5, 5.41) is 14.4. The Labute approximate surface area is 119 Å². The van der Waals surface area contributed by atoms with Crippen LogP contribution in [0.25, 0.3) is 0 Å². The van der Waals surface area contributed by atoms with E-state index in [1.807, 2.05) is 24.3 Å². The Morgan fingerprint density at radius 1 is 1.40 bits per heavy atom. The van der Waals surface area contributed by atoms with Gasteiger partial charge in [0.25, 0.3) is 0 Å². The van der Waals surface area contributed by atoms with Gasteiger partial charge in [-0.2, -0.15) is 5.10 Å². The number of aromatic nitrogens is 2. The van der Waals surface area contributed by atoms with Crippen LogP contribution in [-0.4, -0.2) is 44.4 Å². The third kappa shape index (κ3) is 2.59. The summed E-state index contributed by atoms with van der Waals surface area (Å²) < 4.78 is 1.76. The zero-order valence-corrected chi connectivity index (χ0v) is 12.0. The van der Waals surface area contributed by atoms with Gasteiger partial charge in [0.1, 0.15) is 0 Å². The second-order valence-electron chi connectivity index (χ2n) is 6.16. The molecule has 0 bridgehead atoms. The van der Waals surface area contributed by atoms with E-state index in [0.29, 0.717) is 19.4 Å². The van der Waals surface area contributed by atoms with Crippen molar-refractivity contribution in [1.29, 1.82) is 0 Å². The third-order valence-electron chi connectivity index (χ3n) is 4.70. The molecule has 0 radical (unpaired) electrons. The van der Waals surface area contributed by atoms with Crippen LogP contribution in [0.2, 0.25) is 0 Å². The first-order valence-electron chi connectivity index (χ1n) is 7.61. The number of rotatable bonds is 3. The van der Waals surface area contributed by atoms with Crippen LogP contribution in [0.4, 0.5) is 0 Å². The number of aliphatic hydroxyl groups excluding tert-OH is 1. The number of carbonyl (C=O) groups excluding carboxylic acids is 1. The zero-order valence-electron chi connectivity index (χ0n) is 12.0. The van der Waals surface area contributed by atoms with Crippen molar-refractivity contribution in [3.63, 3.8) is 0 Å². The minimum atomic E-state index is -0.402. The molecule has 2 heterocycles. The molecular weight excluding hydrogens is 254 g/mol. The van der Waals surface area contributed by atoms with Crippen molar-refractivity contribution in [1.82, 2.24) is 14.7 Å². The van der Waals surface area contributed by atoms with Crippen LogP contribution in [0.1, 0.15) is 37.7 Å². The second kappa shape index (κ2) is 5.56. The van der Waals surface area contributed by atoms with E-state index in [1.165, 1.54) is 12.8 Å². The molecule has 110 valence electrons. The molecule has 5 heteroatoms. The number of aryl methyl sites for hydroxylation is 1. The molecule has 1 aromatic rings. The quantitative estimate of drug-likeness (QED) is 0.900. The van der Waals surface area contributed by atoms with Crippen LogP contribution in [0.15, 0.2) is 12.4 Å². The molecule has 0 spiro atoms. The highest BCUT2D eigenvalue weighted by Gasteiger charge is 2.39. The van der Waals surface area contributed by atoms with Gasteiger partial charge in [0.2, 0.25) is 5.91 Å². The molecule has 20 heavy (non-hydrogen) atoms. The van der Waals surface area contributed by atoms with E-state index < -0.39 is 6.10 Å². The van der Waals surface area contributed by atoms with Crippen molar-refractivity contribution in [2.45, 2.75) is 50.7 Å². The first kappa shape index (κ1) is 13.6. The predicted molar refractivity (Wildman–Crippen MR) is 75.0 cm³/mol. The SMILES string of the molecule is Cn1cc(C[C@H]2[C@H](O)CCN2C(=O)C2CCCC2)cn1. The number of likely N-dealkylation sites (tertiary alicyclic amines) is 1. The summed E-state index contributed by atoms with van der Waals surface area (Å²) in [6.07, 6.45) is 9.15. The highest BCUT2D eigenvalue weighted by molar-refractivity contribution is 5.79. The monoisotopic (exact) mass is 277 g/mol. The van der Waals surface area contributed by atoms with Gasteiger partial charge in [0, 0.05) is 25.7 Å². The van der Waals surface area contributed by atoms with Gasteiger partial charge in [-0.15, -0.1) is 0 Å². The van der Waals surface area contributed by atoms with Gasteiger partial charge in [0.05, 0.1) is 18.3 Å². The van der Waals surface area contributed by atoms with Crippen molar-refractivity contribution < 1.29 is 9.90 Å². The van der Waals surface area contributed by atoms with Gasteiger partial charge >= 0.3 is 0 Å². The molecule has 3 rings (SSSR count). The highest BCUT2D eigenvalue weighted by atomic mass is 16.3. The van der Waals surface area contributed by atoms with Crippen molar-refractivity contribution in [2.24, 2.45) is 13.0 Å². The van der Waals surface area contributed by atoms with Crippen LogP contribution in [0.5, 0.6) is 0 Å². The first-order chi connectivity index (χ1) is 9.65. The molecule has 5 nitrogen and oxygen atoms in total. The maximum absolute atomic E-state index is 12.6. The molecule has 1 saturated carbocycles. The molecule has 2 atom stereocenters. The fourth-order valence-electron chi connectivity index (χ4n) is 3.58. The Morgan fingerprint density at radius 2 is 2.15 bits per heavy atom. The Morgan fingerprint density at radius 3 is 2.80 bits per heavy atom. The first-order valence-corrected chi connectivity index (χ1v) is 7.61. The average Bonchev–Trinajstić information content (AvgIpc) is 3.13. The number of hydrogen-bond donors (Lipinski definition) is 1. The minimum absolute atomic E-state index is 0.0766. The van der Waals surface area contributed by atoms with Gasteiger partial charge < -0.3 is 10.0 Å². The Balaban J connectivity index is 1.71. The van der Waals surface area contributed by atoms with E-state index in [0.717, 1.165) is 18.4 Å². The number of nitrogens with zero attached hydrogens (tertiary/aromatic N) is 3. The molecule has 0 unspecified atom stereocenters. The molecule has 2 fully saturated rings.